The molecule has 0 saturated heterocycles. The topological polar surface area (TPSA) is 35.2 Å². The third-order valence-corrected chi connectivity index (χ3v) is 4.02. The highest BCUT2D eigenvalue weighted by Gasteiger charge is 2.33. The monoisotopic (exact) mass is 291 g/mol. The molecule has 104 valence electrons. The molecule has 3 rings (SSSR count). The molecule has 0 aliphatic carbocycles. The summed E-state index contributed by atoms with van der Waals surface area (Å²) >= 11 is 5.84. The van der Waals surface area contributed by atoms with Crippen molar-refractivity contribution in [2.75, 3.05) is 6.61 Å². The zero-order chi connectivity index (χ0) is 14.2. The van der Waals surface area contributed by atoms with Crippen LogP contribution in [0.2, 0.25) is 5.02 Å². The fourth-order valence-electron chi connectivity index (χ4n) is 2.68. The first-order chi connectivity index (χ1) is 9.58. The molecule has 0 bridgehead atoms. The van der Waals surface area contributed by atoms with E-state index in [1.807, 2.05) is 24.3 Å². The molecule has 4 heteroatoms. The van der Waals surface area contributed by atoms with Gasteiger partial charge in [0, 0.05) is 12.0 Å². The van der Waals surface area contributed by atoms with Crippen LogP contribution in [0.1, 0.15) is 17.5 Å². The number of benzene rings is 2. The Morgan fingerprint density at radius 3 is 2.85 bits per heavy atom. The Labute approximate surface area is 122 Å². The lowest BCUT2D eigenvalue weighted by molar-refractivity contribution is 0.215. The van der Waals surface area contributed by atoms with Crippen molar-refractivity contribution in [2.24, 2.45) is 5.73 Å². The molecule has 0 amide bonds. The normalized spacial score (nSPS) is 21.1. The summed E-state index contributed by atoms with van der Waals surface area (Å²) in [7, 11) is 0. The van der Waals surface area contributed by atoms with E-state index >= 15 is 0 Å². The maximum absolute atomic E-state index is 13.2. The number of rotatable bonds is 2. The van der Waals surface area contributed by atoms with Gasteiger partial charge >= 0.3 is 0 Å². The molecule has 0 fully saturated rings. The number of fused-ring (bicyclic) bond motifs is 1. The van der Waals surface area contributed by atoms with E-state index in [1.54, 1.807) is 12.1 Å². The Hall–Kier alpha value is -1.58. The van der Waals surface area contributed by atoms with Crippen molar-refractivity contribution in [3.8, 4) is 5.75 Å². The standard InChI is InChI=1S/C16H15ClFNO/c17-13-9-11(5-6-14(13)18)10-16(19)7-8-20-15-4-2-1-3-12(15)16/h1-6,9H,7-8,10,19H2. The van der Waals surface area contributed by atoms with Gasteiger partial charge in [-0.15, -0.1) is 0 Å². The van der Waals surface area contributed by atoms with E-state index in [9.17, 15) is 4.39 Å². The summed E-state index contributed by atoms with van der Waals surface area (Å²) in [6.45, 7) is 0.586. The van der Waals surface area contributed by atoms with Crippen molar-refractivity contribution in [3.05, 3.63) is 64.4 Å². The summed E-state index contributed by atoms with van der Waals surface area (Å²) in [5.74, 6) is 0.420. The van der Waals surface area contributed by atoms with E-state index in [2.05, 4.69) is 0 Å². The maximum atomic E-state index is 13.2. The van der Waals surface area contributed by atoms with Crippen LogP contribution in [0.3, 0.4) is 0 Å². The fourth-order valence-corrected chi connectivity index (χ4v) is 2.88. The number of ether oxygens (including phenoxy) is 1. The van der Waals surface area contributed by atoms with Gasteiger partial charge in [-0.3, -0.25) is 0 Å². The van der Waals surface area contributed by atoms with Gasteiger partial charge in [0.05, 0.1) is 17.2 Å². The number of halogens is 2. The van der Waals surface area contributed by atoms with Gasteiger partial charge in [-0.1, -0.05) is 35.9 Å². The lowest BCUT2D eigenvalue weighted by Gasteiger charge is -2.35. The van der Waals surface area contributed by atoms with Gasteiger partial charge in [-0.25, -0.2) is 4.39 Å². The Bertz CT molecular complexity index is 646. The molecule has 1 aliphatic heterocycles. The quantitative estimate of drug-likeness (QED) is 0.916. The molecule has 0 spiro atoms. The van der Waals surface area contributed by atoms with Crippen LogP contribution in [0.5, 0.6) is 5.75 Å². The smallest absolute Gasteiger partial charge is 0.141 e. The summed E-state index contributed by atoms with van der Waals surface area (Å²) in [4.78, 5) is 0. The van der Waals surface area contributed by atoms with E-state index in [1.165, 1.54) is 6.07 Å². The average molecular weight is 292 g/mol. The Morgan fingerprint density at radius 1 is 1.25 bits per heavy atom. The zero-order valence-corrected chi connectivity index (χ0v) is 11.7. The molecule has 2 N–H and O–H groups in total. The SMILES string of the molecule is NC1(Cc2ccc(F)c(Cl)c2)CCOc2ccccc21. The second kappa shape index (κ2) is 5.08. The van der Waals surface area contributed by atoms with Gasteiger partial charge in [0.25, 0.3) is 0 Å². The highest BCUT2D eigenvalue weighted by Crippen LogP contribution is 2.37. The van der Waals surface area contributed by atoms with Crippen molar-refractivity contribution in [2.45, 2.75) is 18.4 Å². The molecule has 1 heterocycles. The minimum Gasteiger partial charge on any atom is -0.493 e. The van der Waals surface area contributed by atoms with Crippen LogP contribution in [0.15, 0.2) is 42.5 Å². The minimum atomic E-state index is -0.504. The number of para-hydroxylation sites is 1. The molecule has 0 aromatic heterocycles. The van der Waals surface area contributed by atoms with Gasteiger partial charge in [0.15, 0.2) is 0 Å². The van der Waals surface area contributed by atoms with Crippen molar-refractivity contribution in [1.29, 1.82) is 0 Å². The maximum Gasteiger partial charge on any atom is 0.141 e. The summed E-state index contributed by atoms with van der Waals surface area (Å²) < 4.78 is 18.9. The summed E-state index contributed by atoms with van der Waals surface area (Å²) in [5.41, 5.74) is 7.99. The van der Waals surface area contributed by atoms with E-state index in [-0.39, 0.29) is 5.02 Å². The van der Waals surface area contributed by atoms with Gasteiger partial charge in [-0.05, 0) is 30.2 Å². The molecule has 1 atom stereocenters. The van der Waals surface area contributed by atoms with E-state index in [0.717, 1.165) is 23.3 Å². The molecule has 2 aromatic carbocycles. The Balaban J connectivity index is 1.95. The summed E-state index contributed by atoms with van der Waals surface area (Å²) in [6.07, 6.45) is 1.33. The van der Waals surface area contributed by atoms with Crippen LogP contribution >= 0.6 is 11.6 Å². The van der Waals surface area contributed by atoms with Crippen LogP contribution in [0, 0.1) is 5.82 Å². The second-order valence-electron chi connectivity index (χ2n) is 5.18. The molecule has 1 aliphatic rings. The number of hydrogen-bond acceptors (Lipinski definition) is 2. The molecule has 1 unspecified atom stereocenters. The Morgan fingerprint density at radius 2 is 2.05 bits per heavy atom. The van der Waals surface area contributed by atoms with Crippen LogP contribution in [-0.4, -0.2) is 6.61 Å². The number of nitrogens with two attached hydrogens (primary N) is 1. The third-order valence-electron chi connectivity index (χ3n) is 3.73. The van der Waals surface area contributed by atoms with Crippen molar-refractivity contribution < 1.29 is 9.13 Å². The molecule has 20 heavy (non-hydrogen) atoms. The fraction of sp³-hybridized carbons (Fsp3) is 0.250. The van der Waals surface area contributed by atoms with Gasteiger partial charge in [-0.2, -0.15) is 0 Å². The van der Waals surface area contributed by atoms with Gasteiger partial charge in [0.1, 0.15) is 11.6 Å². The van der Waals surface area contributed by atoms with Crippen LogP contribution in [0.25, 0.3) is 0 Å². The highest BCUT2D eigenvalue weighted by atomic mass is 35.5. The highest BCUT2D eigenvalue weighted by molar-refractivity contribution is 6.30. The molecule has 2 aromatic rings. The van der Waals surface area contributed by atoms with E-state index < -0.39 is 11.4 Å². The molecule has 0 radical (unpaired) electrons. The first kappa shape index (κ1) is 13.4. The first-order valence-electron chi connectivity index (χ1n) is 6.54. The van der Waals surface area contributed by atoms with Crippen LogP contribution in [0.4, 0.5) is 4.39 Å². The predicted molar refractivity (Wildman–Crippen MR) is 77.5 cm³/mol. The summed E-state index contributed by atoms with van der Waals surface area (Å²) in [5, 5.41) is 0.131. The summed E-state index contributed by atoms with van der Waals surface area (Å²) in [6, 6.07) is 12.5. The lowest BCUT2D eigenvalue weighted by atomic mass is 9.80. The largest absolute Gasteiger partial charge is 0.493 e. The van der Waals surface area contributed by atoms with Gasteiger partial charge < -0.3 is 10.5 Å². The van der Waals surface area contributed by atoms with Crippen LogP contribution < -0.4 is 10.5 Å². The Kier molecular flexibility index (Phi) is 3.40. The zero-order valence-electron chi connectivity index (χ0n) is 10.9. The second-order valence-corrected chi connectivity index (χ2v) is 5.58. The third kappa shape index (κ3) is 2.39. The lowest BCUT2D eigenvalue weighted by Crippen LogP contribution is -2.43. The van der Waals surface area contributed by atoms with E-state index in [0.29, 0.717) is 13.0 Å². The molecule has 0 saturated carbocycles. The van der Waals surface area contributed by atoms with Crippen molar-refractivity contribution in [3.63, 3.8) is 0 Å². The van der Waals surface area contributed by atoms with Crippen molar-refractivity contribution >= 4 is 11.6 Å². The van der Waals surface area contributed by atoms with Crippen molar-refractivity contribution in [1.82, 2.24) is 0 Å². The van der Waals surface area contributed by atoms with Crippen LogP contribution in [-0.2, 0) is 12.0 Å². The minimum absolute atomic E-state index is 0.131. The predicted octanol–water partition coefficient (Wildman–Crippen LogP) is 3.66. The molecular formula is C16H15ClFNO. The molecular weight excluding hydrogens is 277 g/mol. The number of hydrogen-bond donors (Lipinski definition) is 1. The average Bonchev–Trinajstić information content (AvgIpc) is 2.43. The molecule has 2 nitrogen and oxygen atoms in total. The first-order valence-corrected chi connectivity index (χ1v) is 6.91. The van der Waals surface area contributed by atoms with Gasteiger partial charge in [0.2, 0.25) is 0 Å². The van der Waals surface area contributed by atoms with E-state index in [4.69, 9.17) is 22.1 Å².